The second-order valence-corrected chi connectivity index (χ2v) is 7.33. The van der Waals surface area contributed by atoms with Gasteiger partial charge in [0.15, 0.2) is 0 Å². The molecular formula is C16H28N2O3. The SMILES string of the molecule is COC1CCCC(N2CCC(=O)NC(C(C)(C)C)C2=O)C1. The molecule has 0 aromatic heterocycles. The topological polar surface area (TPSA) is 58.6 Å². The van der Waals surface area contributed by atoms with Gasteiger partial charge in [-0.2, -0.15) is 0 Å². The highest BCUT2D eigenvalue weighted by Crippen LogP contribution is 2.29. The van der Waals surface area contributed by atoms with Crippen LogP contribution in [0.25, 0.3) is 0 Å². The summed E-state index contributed by atoms with van der Waals surface area (Å²) < 4.78 is 5.47. The molecule has 1 saturated heterocycles. The average Bonchev–Trinajstić information content (AvgIpc) is 2.58. The van der Waals surface area contributed by atoms with Crippen LogP contribution in [0.15, 0.2) is 0 Å². The van der Waals surface area contributed by atoms with Crippen LogP contribution in [0.1, 0.15) is 52.9 Å². The van der Waals surface area contributed by atoms with Gasteiger partial charge in [-0.1, -0.05) is 20.8 Å². The number of methoxy groups -OCH3 is 1. The number of amides is 2. The van der Waals surface area contributed by atoms with Crippen molar-refractivity contribution in [2.75, 3.05) is 13.7 Å². The molecule has 0 aromatic carbocycles. The summed E-state index contributed by atoms with van der Waals surface area (Å²) >= 11 is 0. The number of ether oxygens (including phenoxy) is 1. The monoisotopic (exact) mass is 296 g/mol. The van der Waals surface area contributed by atoms with Gasteiger partial charge in [-0.25, -0.2) is 0 Å². The number of nitrogens with one attached hydrogen (secondary N) is 1. The quantitative estimate of drug-likeness (QED) is 0.844. The first kappa shape index (κ1) is 16.3. The van der Waals surface area contributed by atoms with E-state index in [0.717, 1.165) is 25.7 Å². The van der Waals surface area contributed by atoms with Crippen molar-refractivity contribution < 1.29 is 14.3 Å². The van der Waals surface area contributed by atoms with Crippen LogP contribution in [-0.4, -0.2) is 48.6 Å². The van der Waals surface area contributed by atoms with Gasteiger partial charge in [-0.05, 0) is 31.1 Å². The summed E-state index contributed by atoms with van der Waals surface area (Å²) in [5, 5.41) is 2.90. The van der Waals surface area contributed by atoms with Crippen LogP contribution in [0.4, 0.5) is 0 Å². The molecule has 1 saturated carbocycles. The van der Waals surface area contributed by atoms with Crippen molar-refractivity contribution in [3.05, 3.63) is 0 Å². The van der Waals surface area contributed by atoms with Gasteiger partial charge < -0.3 is 15.0 Å². The van der Waals surface area contributed by atoms with Crippen LogP contribution in [0.2, 0.25) is 0 Å². The summed E-state index contributed by atoms with van der Waals surface area (Å²) in [5.74, 6) is 0.0416. The highest BCUT2D eigenvalue weighted by atomic mass is 16.5. The maximum atomic E-state index is 12.9. The Hall–Kier alpha value is -1.10. The van der Waals surface area contributed by atoms with E-state index in [1.807, 2.05) is 25.7 Å². The van der Waals surface area contributed by atoms with E-state index in [1.54, 1.807) is 7.11 Å². The molecule has 0 aromatic rings. The third-order valence-corrected chi connectivity index (χ3v) is 4.65. The van der Waals surface area contributed by atoms with Gasteiger partial charge in [0.05, 0.1) is 6.10 Å². The Morgan fingerprint density at radius 1 is 1.24 bits per heavy atom. The first-order valence-corrected chi connectivity index (χ1v) is 7.95. The van der Waals surface area contributed by atoms with Crippen molar-refractivity contribution in [1.29, 1.82) is 0 Å². The lowest BCUT2D eigenvalue weighted by molar-refractivity contribution is -0.139. The molecule has 5 heteroatoms. The molecular weight excluding hydrogens is 268 g/mol. The molecule has 2 rings (SSSR count). The summed E-state index contributed by atoms with van der Waals surface area (Å²) in [6.45, 7) is 6.52. The number of nitrogens with zero attached hydrogens (tertiary/aromatic N) is 1. The van der Waals surface area contributed by atoms with Crippen molar-refractivity contribution in [2.24, 2.45) is 5.41 Å². The van der Waals surface area contributed by atoms with Gasteiger partial charge in [0, 0.05) is 26.1 Å². The minimum absolute atomic E-state index is 0.0233. The van der Waals surface area contributed by atoms with E-state index in [4.69, 9.17) is 4.74 Å². The molecule has 1 aliphatic heterocycles. The van der Waals surface area contributed by atoms with E-state index in [2.05, 4.69) is 5.32 Å². The summed E-state index contributed by atoms with van der Waals surface area (Å²) in [6, 6.07) is -0.232. The van der Waals surface area contributed by atoms with E-state index in [9.17, 15) is 9.59 Å². The molecule has 5 nitrogen and oxygen atoms in total. The Bertz CT molecular complexity index is 403. The van der Waals surface area contributed by atoms with Gasteiger partial charge in [0.25, 0.3) is 0 Å². The third kappa shape index (κ3) is 3.76. The zero-order chi connectivity index (χ0) is 15.6. The minimum Gasteiger partial charge on any atom is -0.381 e. The van der Waals surface area contributed by atoms with Crippen LogP contribution >= 0.6 is 0 Å². The van der Waals surface area contributed by atoms with E-state index in [0.29, 0.717) is 13.0 Å². The molecule has 2 aliphatic rings. The van der Waals surface area contributed by atoms with Crippen LogP contribution < -0.4 is 5.32 Å². The highest BCUT2D eigenvalue weighted by molar-refractivity contribution is 5.90. The van der Waals surface area contributed by atoms with E-state index in [1.165, 1.54) is 0 Å². The number of hydrogen-bond donors (Lipinski definition) is 1. The van der Waals surface area contributed by atoms with Gasteiger partial charge in [0.2, 0.25) is 11.8 Å². The fourth-order valence-electron chi connectivity index (χ4n) is 3.36. The second kappa shape index (κ2) is 6.34. The average molecular weight is 296 g/mol. The zero-order valence-electron chi connectivity index (χ0n) is 13.6. The Morgan fingerprint density at radius 3 is 2.57 bits per heavy atom. The predicted octanol–water partition coefficient (Wildman–Crippen LogP) is 1.71. The lowest BCUT2D eigenvalue weighted by atomic mass is 9.84. The van der Waals surface area contributed by atoms with Gasteiger partial charge in [-0.15, -0.1) is 0 Å². The van der Waals surface area contributed by atoms with Crippen molar-refractivity contribution in [3.63, 3.8) is 0 Å². The van der Waals surface area contributed by atoms with Crippen molar-refractivity contribution >= 4 is 11.8 Å². The molecule has 3 unspecified atom stereocenters. The normalized spacial score (nSPS) is 31.8. The molecule has 1 aliphatic carbocycles. The molecule has 0 bridgehead atoms. The van der Waals surface area contributed by atoms with E-state index >= 15 is 0 Å². The Kier molecular flexibility index (Phi) is 4.91. The number of carbonyl (C=O) groups excluding carboxylic acids is 2. The smallest absolute Gasteiger partial charge is 0.245 e. The van der Waals surface area contributed by atoms with Crippen LogP contribution in [0, 0.1) is 5.41 Å². The minimum atomic E-state index is -0.435. The van der Waals surface area contributed by atoms with Crippen molar-refractivity contribution in [3.8, 4) is 0 Å². The van der Waals surface area contributed by atoms with Crippen molar-refractivity contribution in [2.45, 2.75) is 71.1 Å². The summed E-state index contributed by atoms with van der Waals surface area (Å²) in [6.07, 6.45) is 4.66. The molecule has 21 heavy (non-hydrogen) atoms. The standard InChI is InChI=1S/C16H28N2O3/c1-16(2,3)14-15(20)18(9-8-13(19)17-14)11-6-5-7-12(10-11)21-4/h11-12,14H,5-10H2,1-4H3,(H,17,19). The molecule has 120 valence electrons. The summed E-state index contributed by atoms with van der Waals surface area (Å²) in [7, 11) is 1.74. The second-order valence-electron chi connectivity index (χ2n) is 7.33. The molecule has 3 atom stereocenters. The first-order valence-electron chi connectivity index (χ1n) is 7.95. The fraction of sp³-hybridized carbons (Fsp3) is 0.875. The molecule has 0 spiro atoms. The predicted molar refractivity (Wildman–Crippen MR) is 80.8 cm³/mol. The van der Waals surface area contributed by atoms with Gasteiger partial charge >= 0.3 is 0 Å². The Labute approximate surface area is 127 Å². The molecule has 0 radical (unpaired) electrons. The molecule has 1 heterocycles. The van der Waals surface area contributed by atoms with Crippen LogP contribution in [0.5, 0.6) is 0 Å². The van der Waals surface area contributed by atoms with Gasteiger partial charge in [0.1, 0.15) is 6.04 Å². The maximum Gasteiger partial charge on any atom is 0.245 e. The number of hydrogen-bond acceptors (Lipinski definition) is 3. The molecule has 2 amide bonds. The number of carbonyl (C=O) groups is 2. The third-order valence-electron chi connectivity index (χ3n) is 4.65. The lowest BCUT2D eigenvalue weighted by Gasteiger charge is -2.39. The van der Waals surface area contributed by atoms with E-state index in [-0.39, 0.29) is 29.4 Å². The molecule has 2 fully saturated rings. The van der Waals surface area contributed by atoms with E-state index < -0.39 is 6.04 Å². The highest BCUT2D eigenvalue weighted by Gasteiger charge is 2.41. The van der Waals surface area contributed by atoms with Crippen LogP contribution in [-0.2, 0) is 14.3 Å². The van der Waals surface area contributed by atoms with Crippen LogP contribution in [0.3, 0.4) is 0 Å². The first-order chi connectivity index (χ1) is 9.82. The fourth-order valence-corrected chi connectivity index (χ4v) is 3.36. The lowest BCUT2D eigenvalue weighted by Crippen LogP contribution is -2.54. The van der Waals surface area contributed by atoms with Crippen molar-refractivity contribution in [1.82, 2.24) is 10.2 Å². The summed E-state index contributed by atoms with van der Waals surface area (Å²) in [4.78, 5) is 26.8. The van der Waals surface area contributed by atoms with Gasteiger partial charge in [-0.3, -0.25) is 9.59 Å². The largest absolute Gasteiger partial charge is 0.381 e. The molecule has 1 N–H and O–H groups in total. The summed E-state index contributed by atoms with van der Waals surface area (Å²) in [5.41, 5.74) is -0.273. The Morgan fingerprint density at radius 2 is 1.95 bits per heavy atom. The zero-order valence-corrected chi connectivity index (χ0v) is 13.6. The Balaban J connectivity index is 2.17. The number of rotatable bonds is 2. The maximum absolute atomic E-state index is 12.9.